The summed E-state index contributed by atoms with van der Waals surface area (Å²) >= 11 is 5.83. The molecule has 3 aromatic rings. The first-order valence-electron chi connectivity index (χ1n) is 6.60. The lowest BCUT2D eigenvalue weighted by Gasteiger charge is -2.04. The highest BCUT2D eigenvalue weighted by Gasteiger charge is 2.13. The van der Waals surface area contributed by atoms with Gasteiger partial charge in [-0.05, 0) is 36.4 Å². The Kier molecular flexibility index (Phi) is 3.98. The number of carbonyl (C=O) groups excluding carboxylic acids is 1. The highest BCUT2D eigenvalue weighted by atomic mass is 35.5. The molecule has 0 bridgehead atoms. The SMILES string of the molecule is COC(=O)c1ccnc2cc(COc3ccc(Cl)cc3)[nH]c12. The second-order valence-electron chi connectivity index (χ2n) is 4.65. The molecule has 112 valence electrons. The fourth-order valence-corrected chi connectivity index (χ4v) is 2.26. The highest BCUT2D eigenvalue weighted by molar-refractivity contribution is 6.30. The Bertz CT molecular complexity index is 812. The summed E-state index contributed by atoms with van der Waals surface area (Å²) < 4.78 is 10.4. The van der Waals surface area contributed by atoms with Crippen LogP contribution in [0.2, 0.25) is 5.02 Å². The fraction of sp³-hybridized carbons (Fsp3) is 0.125. The second kappa shape index (κ2) is 6.07. The third-order valence-corrected chi connectivity index (χ3v) is 3.44. The summed E-state index contributed by atoms with van der Waals surface area (Å²) in [6.07, 6.45) is 1.58. The van der Waals surface area contributed by atoms with Gasteiger partial charge in [-0.2, -0.15) is 0 Å². The molecule has 0 amide bonds. The molecule has 1 aromatic carbocycles. The molecule has 0 saturated heterocycles. The third kappa shape index (κ3) is 2.89. The molecule has 5 nitrogen and oxygen atoms in total. The van der Waals surface area contributed by atoms with E-state index in [4.69, 9.17) is 21.1 Å². The standard InChI is InChI=1S/C16H13ClN2O3/c1-21-16(20)13-6-7-18-14-8-11(19-15(13)14)9-22-12-4-2-10(17)3-5-12/h2-8,19H,9H2,1H3. The molecule has 0 radical (unpaired) electrons. The maximum absolute atomic E-state index is 11.7. The maximum atomic E-state index is 11.7. The van der Waals surface area contributed by atoms with Gasteiger partial charge < -0.3 is 14.5 Å². The summed E-state index contributed by atoms with van der Waals surface area (Å²) in [5.41, 5.74) is 2.60. The molecule has 0 spiro atoms. The lowest BCUT2D eigenvalue weighted by atomic mass is 10.2. The van der Waals surface area contributed by atoms with Crippen molar-refractivity contribution in [2.75, 3.05) is 7.11 Å². The second-order valence-corrected chi connectivity index (χ2v) is 5.08. The molecule has 0 unspecified atom stereocenters. The number of H-pyrrole nitrogens is 1. The first kappa shape index (κ1) is 14.4. The number of methoxy groups -OCH3 is 1. The average Bonchev–Trinajstić information content (AvgIpc) is 2.96. The molecule has 0 aliphatic rings. The number of hydrogen-bond donors (Lipinski definition) is 1. The molecule has 2 heterocycles. The van der Waals surface area contributed by atoms with Crippen molar-refractivity contribution in [1.82, 2.24) is 9.97 Å². The zero-order valence-electron chi connectivity index (χ0n) is 11.8. The Morgan fingerprint density at radius 1 is 1.27 bits per heavy atom. The molecule has 2 aromatic heterocycles. The van der Waals surface area contributed by atoms with Gasteiger partial charge in [0.25, 0.3) is 0 Å². The van der Waals surface area contributed by atoms with Gasteiger partial charge >= 0.3 is 5.97 Å². The number of nitrogens with one attached hydrogen (secondary N) is 1. The monoisotopic (exact) mass is 316 g/mol. The quantitative estimate of drug-likeness (QED) is 0.747. The van der Waals surface area contributed by atoms with E-state index in [1.165, 1.54) is 7.11 Å². The van der Waals surface area contributed by atoms with Gasteiger partial charge in [0.1, 0.15) is 12.4 Å². The van der Waals surface area contributed by atoms with E-state index in [0.29, 0.717) is 34.0 Å². The minimum atomic E-state index is -0.403. The van der Waals surface area contributed by atoms with Crippen molar-refractivity contribution in [2.24, 2.45) is 0 Å². The lowest BCUT2D eigenvalue weighted by Crippen LogP contribution is -2.02. The van der Waals surface area contributed by atoms with Gasteiger partial charge in [0.2, 0.25) is 0 Å². The van der Waals surface area contributed by atoms with E-state index >= 15 is 0 Å². The van der Waals surface area contributed by atoms with Crippen molar-refractivity contribution < 1.29 is 14.3 Å². The number of halogens is 1. The number of rotatable bonds is 4. The van der Waals surface area contributed by atoms with E-state index in [9.17, 15) is 4.79 Å². The Labute approximate surface area is 131 Å². The molecule has 1 N–H and O–H groups in total. The normalized spacial score (nSPS) is 10.6. The molecule has 0 saturated carbocycles. The van der Waals surface area contributed by atoms with Crippen LogP contribution in [0.5, 0.6) is 5.75 Å². The number of aromatic amines is 1. The number of carbonyl (C=O) groups is 1. The number of nitrogens with zero attached hydrogens (tertiary/aromatic N) is 1. The Hall–Kier alpha value is -2.53. The fourth-order valence-electron chi connectivity index (χ4n) is 2.13. The van der Waals surface area contributed by atoms with Crippen LogP contribution in [0, 0.1) is 0 Å². The van der Waals surface area contributed by atoms with Crippen LogP contribution in [0.4, 0.5) is 0 Å². The van der Waals surface area contributed by atoms with Crippen LogP contribution in [-0.2, 0) is 11.3 Å². The zero-order chi connectivity index (χ0) is 15.5. The van der Waals surface area contributed by atoms with E-state index in [1.54, 1.807) is 36.5 Å². The van der Waals surface area contributed by atoms with Crippen molar-refractivity contribution >= 4 is 28.6 Å². The smallest absolute Gasteiger partial charge is 0.340 e. The number of pyridine rings is 1. The van der Waals surface area contributed by atoms with Gasteiger partial charge in [-0.15, -0.1) is 0 Å². The minimum Gasteiger partial charge on any atom is -0.487 e. The van der Waals surface area contributed by atoms with Gasteiger partial charge in [-0.1, -0.05) is 11.6 Å². The first-order chi connectivity index (χ1) is 10.7. The van der Waals surface area contributed by atoms with Crippen molar-refractivity contribution in [3.63, 3.8) is 0 Å². The summed E-state index contributed by atoms with van der Waals surface area (Å²) in [6, 6.07) is 10.6. The molecule has 0 atom stereocenters. The van der Waals surface area contributed by atoms with Crippen molar-refractivity contribution in [2.45, 2.75) is 6.61 Å². The van der Waals surface area contributed by atoms with E-state index in [0.717, 1.165) is 5.69 Å². The van der Waals surface area contributed by atoms with Crippen molar-refractivity contribution in [1.29, 1.82) is 0 Å². The third-order valence-electron chi connectivity index (χ3n) is 3.19. The van der Waals surface area contributed by atoms with Crippen LogP contribution in [0.25, 0.3) is 11.0 Å². The molecular weight excluding hydrogens is 304 g/mol. The molecular formula is C16H13ClN2O3. The van der Waals surface area contributed by atoms with Gasteiger partial charge in [-0.25, -0.2) is 4.79 Å². The van der Waals surface area contributed by atoms with Crippen LogP contribution in [0.1, 0.15) is 16.1 Å². The van der Waals surface area contributed by atoms with Crippen LogP contribution in [0.3, 0.4) is 0 Å². The summed E-state index contributed by atoms with van der Waals surface area (Å²) in [5, 5.41) is 0.657. The Morgan fingerprint density at radius 3 is 2.77 bits per heavy atom. The van der Waals surface area contributed by atoms with Crippen LogP contribution in [-0.4, -0.2) is 23.0 Å². The first-order valence-corrected chi connectivity index (χ1v) is 6.98. The number of benzene rings is 1. The molecule has 0 aliphatic heterocycles. The zero-order valence-corrected chi connectivity index (χ0v) is 12.6. The van der Waals surface area contributed by atoms with E-state index in [-0.39, 0.29) is 0 Å². The predicted molar refractivity (Wildman–Crippen MR) is 83.2 cm³/mol. The number of fused-ring (bicyclic) bond motifs is 1. The predicted octanol–water partition coefficient (Wildman–Crippen LogP) is 3.58. The number of hydrogen-bond acceptors (Lipinski definition) is 4. The molecule has 22 heavy (non-hydrogen) atoms. The van der Waals surface area contributed by atoms with Crippen LogP contribution < -0.4 is 4.74 Å². The maximum Gasteiger partial charge on any atom is 0.340 e. The highest BCUT2D eigenvalue weighted by Crippen LogP contribution is 2.20. The Morgan fingerprint density at radius 2 is 2.05 bits per heavy atom. The number of esters is 1. The van der Waals surface area contributed by atoms with Crippen LogP contribution >= 0.6 is 11.6 Å². The largest absolute Gasteiger partial charge is 0.487 e. The molecule has 0 fully saturated rings. The van der Waals surface area contributed by atoms with Crippen molar-refractivity contribution in [3.05, 3.63) is 58.9 Å². The van der Waals surface area contributed by atoms with E-state index < -0.39 is 5.97 Å². The minimum absolute atomic E-state index is 0.332. The topological polar surface area (TPSA) is 64.2 Å². The van der Waals surface area contributed by atoms with Gasteiger partial charge in [-0.3, -0.25) is 4.98 Å². The van der Waals surface area contributed by atoms with Crippen molar-refractivity contribution in [3.8, 4) is 5.75 Å². The summed E-state index contributed by atoms with van der Waals surface area (Å²) in [5.74, 6) is 0.309. The summed E-state index contributed by atoms with van der Waals surface area (Å²) in [6.45, 7) is 0.332. The van der Waals surface area contributed by atoms with Gasteiger partial charge in [0.05, 0.1) is 29.4 Å². The summed E-state index contributed by atoms with van der Waals surface area (Å²) in [4.78, 5) is 19.1. The number of ether oxygens (including phenoxy) is 2. The number of aromatic nitrogens is 2. The molecule has 3 rings (SSSR count). The average molecular weight is 317 g/mol. The molecule has 6 heteroatoms. The Balaban J connectivity index is 1.83. The van der Waals surface area contributed by atoms with E-state index in [2.05, 4.69) is 9.97 Å². The van der Waals surface area contributed by atoms with Crippen LogP contribution in [0.15, 0.2) is 42.6 Å². The lowest BCUT2D eigenvalue weighted by molar-refractivity contribution is 0.0602. The summed E-state index contributed by atoms with van der Waals surface area (Å²) in [7, 11) is 1.35. The van der Waals surface area contributed by atoms with E-state index in [1.807, 2.05) is 6.07 Å². The molecule has 0 aliphatic carbocycles. The van der Waals surface area contributed by atoms with Gasteiger partial charge in [0, 0.05) is 11.2 Å². The van der Waals surface area contributed by atoms with Gasteiger partial charge in [0.15, 0.2) is 0 Å².